The van der Waals surface area contributed by atoms with E-state index in [0.717, 1.165) is 17.3 Å². The number of carboxylic acids is 1. The molecular weight excluding hydrogens is 416 g/mol. The highest BCUT2D eigenvalue weighted by Crippen LogP contribution is 2.40. The standard InChI is InChI=1S/C18H16N4O5S2/c23-12(6-10-4-2-1-3-5-10)20-14-16(24)22-15(18(25)26)11(9-28-17(14)22)8-27-13-7-19-29-21-13/h1-5,7,14,17H,6,8-9H2,(H,20,23)(H,25,26)/t14-,17-/m1/s1. The Bertz CT molecular complexity index is 964. The number of aromatic nitrogens is 2. The second-order valence-corrected chi connectivity index (χ2v) is 8.07. The second kappa shape index (κ2) is 8.21. The number of benzene rings is 1. The van der Waals surface area contributed by atoms with E-state index in [1.165, 1.54) is 22.9 Å². The van der Waals surface area contributed by atoms with Crippen LogP contribution in [0.25, 0.3) is 0 Å². The predicted octanol–water partition coefficient (Wildman–Crippen LogP) is 0.898. The lowest BCUT2D eigenvalue weighted by molar-refractivity contribution is -0.150. The first kappa shape index (κ1) is 19.4. The van der Waals surface area contributed by atoms with Crippen LogP contribution in [0.1, 0.15) is 5.56 Å². The number of rotatable bonds is 7. The minimum atomic E-state index is -1.20. The number of ether oxygens (including phenoxy) is 1. The summed E-state index contributed by atoms with van der Waals surface area (Å²) in [4.78, 5) is 37.9. The van der Waals surface area contributed by atoms with Gasteiger partial charge >= 0.3 is 5.97 Å². The van der Waals surface area contributed by atoms with Crippen molar-refractivity contribution in [1.29, 1.82) is 0 Å². The van der Waals surface area contributed by atoms with Gasteiger partial charge in [0.25, 0.3) is 5.91 Å². The molecule has 2 aliphatic rings. The summed E-state index contributed by atoms with van der Waals surface area (Å²) in [6.45, 7) is 0.00157. The molecule has 2 atom stereocenters. The Morgan fingerprint density at radius 2 is 2.10 bits per heavy atom. The van der Waals surface area contributed by atoms with Crippen molar-refractivity contribution < 1.29 is 24.2 Å². The van der Waals surface area contributed by atoms with Gasteiger partial charge < -0.3 is 15.2 Å². The van der Waals surface area contributed by atoms with Gasteiger partial charge in [-0.15, -0.1) is 16.1 Å². The van der Waals surface area contributed by atoms with Gasteiger partial charge in [0.1, 0.15) is 29.9 Å². The Kier molecular flexibility index (Phi) is 5.49. The van der Waals surface area contributed by atoms with Gasteiger partial charge in [-0.1, -0.05) is 30.3 Å². The zero-order chi connectivity index (χ0) is 20.4. The van der Waals surface area contributed by atoms with Crippen LogP contribution in [0, 0.1) is 0 Å². The molecule has 1 saturated heterocycles. The first-order valence-electron chi connectivity index (χ1n) is 8.68. The Morgan fingerprint density at radius 1 is 1.31 bits per heavy atom. The highest BCUT2D eigenvalue weighted by atomic mass is 32.2. The predicted molar refractivity (Wildman–Crippen MR) is 105 cm³/mol. The van der Waals surface area contributed by atoms with Gasteiger partial charge in [-0.25, -0.2) is 4.79 Å². The van der Waals surface area contributed by atoms with E-state index in [1.807, 2.05) is 30.3 Å². The Labute approximate surface area is 174 Å². The largest absolute Gasteiger partial charge is 0.477 e. The van der Waals surface area contributed by atoms with Crippen molar-refractivity contribution in [2.75, 3.05) is 12.4 Å². The van der Waals surface area contributed by atoms with Crippen molar-refractivity contribution in [2.45, 2.75) is 17.8 Å². The number of hydrogen-bond acceptors (Lipinski definition) is 8. The lowest BCUT2D eigenvalue weighted by atomic mass is 10.0. The Hall–Kier alpha value is -2.92. The molecule has 11 heteroatoms. The number of carbonyl (C=O) groups is 3. The summed E-state index contributed by atoms with van der Waals surface area (Å²) >= 11 is 2.38. The maximum atomic E-state index is 12.6. The van der Waals surface area contributed by atoms with Crippen molar-refractivity contribution in [3.05, 3.63) is 53.4 Å². The zero-order valence-electron chi connectivity index (χ0n) is 15.0. The maximum absolute atomic E-state index is 12.6. The van der Waals surface area contributed by atoms with Gasteiger partial charge in [0.2, 0.25) is 11.8 Å². The number of carbonyl (C=O) groups excluding carboxylic acids is 2. The van der Waals surface area contributed by atoms with Crippen LogP contribution in [-0.2, 0) is 20.8 Å². The molecule has 29 heavy (non-hydrogen) atoms. The lowest BCUT2D eigenvalue weighted by Gasteiger charge is -2.49. The van der Waals surface area contributed by atoms with Crippen molar-refractivity contribution in [2.24, 2.45) is 0 Å². The minimum absolute atomic E-state index is 0.00157. The van der Waals surface area contributed by atoms with Crippen LogP contribution >= 0.6 is 23.5 Å². The third-order valence-electron chi connectivity index (χ3n) is 4.51. The van der Waals surface area contributed by atoms with Crippen molar-refractivity contribution in [3.8, 4) is 5.88 Å². The monoisotopic (exact) mass is 432 g/mol. The number of hydrogen-bond donors (Lipinski definition) is 2. The molecule has 0 bridgehead atoms. The third kappa shape index (κ3) is 3.96. The first-order chi connectivity index (χ1) is 14.0. The third-order valence-corrected chi connectivity index (χ3v) is 6.31. The maximum Gasteiger partial charge on any atom is 0.352 e. The van der Waals surface area contributed by atoms with Crippen LogP contribution < -0.4 is 10.1 Å². The molecule has 0 radical (unpaired) electrons. The molecule has 2 aliphatic heterocycles. The average Bonchev–Trinajstić information content (AvgIpc) is 3.24. The molecular formula is C18H16N4O5S2. The fraction of sp³-hybridized carbons (Fsp3) is 0.278. The average molecular weight is 432 g/mol. The summed E-state index contributed by atoms with van der Waals surface area (Å²) in [5.41, 5.74) is 1.23. The highest BCUT2D eigenvalue weighted by Gasteiger charge is 2.54. The molecule has 0 aliphatic carbocycles. The summed E-state index contributed by atoms with van der Waals surface area (Å²) in [7, 11) is 0. The SMILES string of the molecule is O=C(Cc1ccccc1)N[C@@H]1C(=O)N2C(C(=O)O)=C(COc3cnsn3)CS[C@H]12. The van der Waals surface area contributed by atoms with Crippen LogP contribution in [0.4, 0.5) is 0 Å². The van der Waals surface area contributed by atoms with E-state index in [0.29, 0.717) is 17.2 Å². The quantitative estimate of drug-likeness (QED) is 0.619. The minimum Gasteiger partial charge on any atom is -0.477 e. The molecule has 2 amide bonds. The smallest absolute Gasteiger partial charge is 0.352 e. The molecule has 0 unspecified atom stereocenters. The molecule has 1 aromatic heterocycles. The van der Waals surface area contributed by atoms with E-state index in [4.69, 9.17) is 4.74 Å². The molecule has 1 fully saturated rings. The number of amides is 2. The van der Waals surface area contributed by atoms with Crippen LogP contribution in [0.2, 0.25) is 0 Å². The van der Waals surface area contributed by atoms with Crippen LogP contribution in [0.3, 0.4) is 0 Å². The Morgan fingerprint density at radius 3 is 2.79 bits per heavy atom. The molecule has 3 heterocycles. The van der Waals surface area contributed by atoms with Gasteiger partial charge in [0.05, 0.1) is 18.1 Å². The molecule has 9 nitrogen and oxygen atoms in total. The highest BCUT2D eigenvalue weighted by molar-refractivity contribution is 8.00. The number of carboxylic acid groups (broad SMARTS) is 1. The summed E-state index contributed by atoms with van der Waals surface area (Å²) < 4.78 is 13.2. The normalized spacial score (nSPS) is 20.7. The molecule has 2 aromatic rings. The fourth-order valence-electron chi connectivity index (χ4n) is 3.18. The summed E-state index contributed by atoms with van der Waals surface area (Å²) in [6.07, 6.45) is 1.60. The van der Waals surface area contributed by atoms with Gasteiger partial charge in [-0.3, -0.25) is 14.5 Å². The molecule has 0 saturated carbocycles. The van der Waals surface area contributed by atoms with Crippen LogP contribution in [-0.4, -0.2) is 60.3 Å². The van der Waals surface area contributed by atoms with Gasteiger partial charge in [0.15, 0.2) is 0 Å². The van der Waals surface area contributed by atoms with E-state index in [2.05, 4.69) is 14.1 Å². The molecule has 150 valence electrons. The van der Waals surface area contributed by atoms with Gasteiger partial charge in [-0.05, 0) is 5.56 Å². The Balaban J connectivity index is 1.43. The number of nitrogens with zero attached hydrogens (tertiary/aromatic N) is 3. The molecule has 0 spiro atoms. The number of aliphatic carboxylic acids is 1. The second-order valence-electron chi connectivity index (χ2n) is 6.41. The summed E-state index contributed by atoms with van der Waals surface area (Å²) in [5, 5.41) is 11.9. The van der Waals surface area contributed by atoms with Crippen molar-refractivity contribution in [3.63, 3.8) is 0 Å². The number of fused-ring (bicyclic) bond motifs is 1. The zero-order valence-corrected chi connectivity index (χ0v) is 16.6. The van der Waals surface area contributed by atoms with Crippen LogP contribution in [0.5, 0.6) is 5.88 Å². The van der Waals surface area contributed by atoms with E-state index >= 15 is 0 Å². The number of nitrogens with one attached hydrogen (secondary N) is 1. The van der Waals surface area contributed by atoms with E-state index < -0.39 is 23.3 Å². The molecule has 4 rings (SSSR count). The van der Waals surface area contributed by atoms with Gasteiger partial charge in [0, 0.05) is 11.3 Å². The van der Waals surface area contributed by atoms with Gasteiger partial charge in [-0.2, -0.15) is 4.37 Å². The summed E-state index contributed by atoms with van der Waals surface area (Å²) in [5.74, 6) is -1.23. The number of thioether (sulfide) groups is 1. The van der Waals surface area contributed by atoms with Crippen LogP contribution in [0.15, 0.2) is 47.8 Å². The van der Waals surface area contributed by atoms with Crippen molar-refractivity contribution >= 4 is 41.3 Å². The van der Waals surface area contributed by atoms with E-state index in [9.17, 15) is 19.5 Å². The number of β-lactam (4-membered cyclic amide) rings is 1. The summed E-state index contributed by atoms with van der Waals surface area (Å²) in [6, 6.07) is 8.46. The first-order valence-corrected chi connectivity index (χ1v) is 10.5. The van der Waals surface area contributed by atoms with E-state index in [1.54, 1.807) is 0 Å². The van der Waals surface area contributed by atoms with E-state index in [-0.39, 0.29) is 24.6 Å². The fourth-order valence-corrected chi connectivity index (χ4v) is 4.87. The molecule has 2 N–H and O–H groups in total. The lowest BCUT2D eigenvalue weighted by Crippen LogP contribution is -2.70. The topological polar surface area (TPSA) is 122 Å². The molecule has 1 aromatic carbocycles. The van der Waals surface area contributed by atoms with Crippen molar-refractivity contribution in [1.82, 2.24) is 19.0 Å².